The van der Waals surface area contributed by atoms with Gasteiger partial charge in [0.15, 0.2) is 17.5 Å². The Kier molecular flexibility index (Phi) is 9.33. The monoisotopic (exact) mass is 761 g/mol. The van der Waals surface area contributed by atoms with Crippen molar-refractivity contribution in [1.82, 2.24) is 15.0 Å². The number of benzene rings is 8. The highest BCUT2D eigenvalue weighted by atomic mass is 32.1. The van der Waals surface area contributed by atoms with Crippen LogP contribution >= 0.6 is 12.6 Å². The third kappa shape index (κ3) is 6.72. The third-order valence-corrected chi connectivity index (χ3v) is 11.6. The molecular weight excluding hydrogens is 723 g/mol. The summed E-state index contributed by atoms with van der Waals surface area (Å²) in [7, 11) is 0. The van der Waals surface area contributed by atoms with E-state index in [1.807, 2.05) is 13.0 Å². The topological polar surface area (TPSA) is 38.7 Å². The van der Waals surface area contributed by atoms with Crippen LogP contribution in [0, 0.1) is 0 Å². The van der Waals surface area contributed by atoms with Crippen LogP contribution in [0.5, 0.6) is 0 Å². The maximum Gasteiger partial charge on any atom is 0.164 e. The van der Waals surface area contributed by atoms with Gasteiger partial charge in [-0.25, -0.2) is 15.0 Å². The minimum atomic E-state index is 0.626. The zero-order valence-corrected chi connectivity index (χ0v) is 33.0. The van der Waals surface area contributed by atoms with E-state index < -0.39 is 0 Å². The molecule has 0 aliphatic heterocycles. The normalized spacial score (nSPS) is 12.6. The number of rotatable bonds is 7. The minimum absolute atomic E-state index is 0.626. The number of thiol groups is 1. The molecule has 1 aromatic heterocycles. The molecule has 1 aliphatic carbocycles. The molecule has 0 radical (unpaired) electrons. The molecule has 0 saturated carbocycles. The van der Waals surface area contributed by atoms with Crippen molar-refractivity contribution in [3.63, 3.8) is 0 Å². The molecule has 0 bridgehead atoms. The van der Waals surface area contributed by atoms with Gasteiger partial charge in [0.2, 0.25) is 0 Å². The van der Waals surface area contributed by atoms with Gasteiger partial charge < -0.3 is 0 Å². The summed E-state index contributed by atoms with van der Waals surface area (Å²) in [5, 5.41) is 4.71. The lowest BCUT2D eigenvalue weighted by atomic mass is 9.86. The summed E-state index contributed by atoms with van der Waals surface area (Å²) in [6.07, 6.45) is 8.51. The summed E-state index contributed by atoms with van der Waals surface area (Å²) in [6, 6.07) is 60.2. The van der Waals surface area contributed by atoms with Gasteiger partial charge in [0, 0.05) is 21.6 Å². The van der Waals surface area contributed by atoms with Crippen molar-refractivity contribution in [2.24, 2.45) is 0 Å². The molecule has 0 amide bonds. The van der Waals surface area contributed by atoms with Crippen molar-refractivity contribution in [1.29, 1.82) is 0 Å². The summed E-state index contributed by atoms with van der Waals surface area (Å²) in [4.78, 5) is 16.7. The van der Waals surface area contributed by atoms with E-state index in [0.717, 1.165) is 73.0 Å². The number of hydrogen-bond acceptors (Lipinski definition) is 4. The first kappa shape index (κ1) is 35.5. The van der Waals surface area contributed by atoms with Gasteiger partial charge in [-0.2, -0.15) is 0 Å². The second-order valence-electron chi connectivity index (χ2n) is 14.8. The van der Waals surface area contributed by atoms with Gasteiger partial charge in [-0.3, -0.25) is 0 Å². The van der Waals surface area contributed by atoms with Crippen LogP contribution in [0.25, 0.3) is 95.7 Å². The van der Waals surface area contributed by atoms with Crippen molar-refractivity contribution in [3.8, 4) is 56.4 Å². The maximum atomic E-state index is 5.30. The predicted molar refractivity (Wildman–Crippen MR) is 247 cm³/mol. The van der Waals surface area contributed by atoms with Crippen LogP contribution in [-0.2, 0) is 6.42 Å². The SMILES string of the molecule is C/C=C\c1c(S)ccc2c(-c3nc(-c4cccc(-c5ccccc5)c4)nc(-c4ccccc4-c4ccc5c(c4)CCC(c4ccc6ccccc6c4)=C5)n3)cccc12. The van der Waals surface area contributed by atoms with E-state index in [1.165, 1.54) is 33.0 Å². The summed E-state index contributed by atoms with van der Waals surface area (Å²) in [6.45, 7) is 2.03. The second-order valence-corrected chi connectivity index (χ2v) is 15.3. The fraction of sp³-hybridized carbons (Fsp3) is 0.0556. The van der Waals surface area contributed by atoms with Crippen molar-refractivity contribution in [3.05, 3.63) is 198 Å². The number of nitrogens with zero attached hydrogens (tertiary/aromatic N) is 3. The van der Waals surface area contributed by atoms with Crippen LogP contribution in [0.3, 0.4) is 0 Å². The molecule has 0 N–H and O–H groups in total. The summed E-state index contributed by atoms with van der Waals surface area (Å²) in [5.74, 6) is 1.88. The van der Waals surface area contributed by atoms with Gasteiger partial charge in [0.05, 0.1) is 0 Å². The van der Waals surface area contributed by atoms with Crippen molar-refractivity contribution in [2.45, 2.75) is 24.7 Å². The average molecular weight is 762 g/mol. The maximum absolute atomic E-state index is 5.30. The highest BCUT2D eigenvalue weighted by Crippen LogP contribution is 2.39. The summed E-state index contributed by atoms with van der Waals surface area (Å²) < 4.78 is 0. The van der Waals surface area contributed by atoms with Crippen LogP contribution in [0.1, 0.15) is 35.6 Å². The predicted octanol–water partition coefficient (Wildman–Crippen LogP) is 14.3. The van der Waals surface area contributed by atoms with Gasteiger partial charge in [0.1, 0.15) is 0 Å². The number of aromatic nitrogens is 3. The van der Waals surface area contributed by atoms with E-state index in [0.29, 0.717) is 17.5 Å². The fourth-order valence-electron chi connectivity index (χ4n) is 8.33. The minimum Gasteiger partial charge on any atom is -0.208 e. The quantitative estimate of drug-likeness (QED) is 0.164. The van der Waals surface area contributed by atoms with Crippen molar-refractivity contribution < 1.29 is 0 Å². The second kappa shape index (κ2) is 15.2. The zero-order valence-electron chi connectivity index (χ0n) is 32.1. The lowest BCUT2D eigenvalue weighted by Gasteiger charge is -2.19. The van der Waals surface area contributed by atoms with Gasteiger partial charge >= 0.3 is 0 Å². The van der Waals surface area contributed by atoms with Crippen LogP contribution in [0.4, 0.5) is 0 Å². The Bertz CT molecular complexity index is 3090. The van der Waals surface area contributed by atoms with E-state index in [2.05, 4.69) is 182 Å². The average Bonchev–Trinajstić information content (AvgIpc) is 3.29. The molecule has 58 heavy (non-hydrogen) atoms. The molecule has 10 rings (SSSR count). The molecule has 0 saturated heterocycles. The van der Waals surface area contributed by atoms with Crippen LogP contribution in [-0.4, -0.2) is 15.0 Å². The Morgan fingerprint density at radius 2 is 1.16 bits per heavy atom. The molecular formula is C54H39N3S. The van der Waals surface area contributed by atoms with Crippen LogP contribution in [0.15, 0.2) is 181 Å². The molecule has 0 atom stereocenters. The molecule has 276 valence electrons. The Labute approximate surface area is 344 Å². The third-order valence-electron chi connectivity index (χ3n) is 11.3. The number of fused-ring (bicyclic) bond motifs is 3. The molecule has 0 spiro atoms. The van der Waals surface area contributed by atoms with Crippen molar-refractivity contribution in [2.75, 3.05) is 0 Å². The largest absolute Gasteiger partial charge is 0.208 e. The van der Waals surface area contributed by atoms with Gasteiger partial charge in [-0.15, -0.1) is 12.6 Å². The van der Waals surface area contributed by atoms with Crippen LogP contribution in [0.2, 0.25) is 0 Å². The number of hydrogen-bond donors (Lipinski definition) is 1. The summed E-state index contributed by atoms with van der Waals surface area (Å²) in [5.41, 5.74) is 13.7. The molecule has 4 heteroatoms. The Hall–Kier alpha value is -6.88. The Morgan fingerprint density at radius 1 is 0.466 bits per heavy atom. The lowest BCUT2D eigenvalue weighted by molar-refractivity contribution is 1.00. The van der Waals surface area contributed by atoms with E-state index in [9.17, 15) is 0 Å². The standard InChI is InChI=1S/C54H39N3S/c1-2-12-48-46-21-11-22-50(47(46)29-30-51(48)58)54-56-52(44-18-10-17-38(34-44)35-13-4-3-5-14-35)55-53(57-54)49-20-9-8-19-45(49)43-28-27-41-32-40(25-26-42(41)33-43)39-24-23-36-15-6-7-16-37(36)31-39/h2-24,27-34,58H,25-26H2,1H3/b12-2-. The molecule has 1 aliphatic rings. The molecule has 9 aromatic rings. The van der Waals surface area contributed by atoms with E-state index in [4.69, 9.17) is 27.6 Å². The highest BCUT2D eigenvalue weighted by Gasteiger charge is 2.20. The van der Waals surface area contributed by atoms with Gasteiger partial charge in [-0.1, -0.05) is 170 Å². The molecule has 0 fully saturated rings. The summed E-state index contributed by atoms with van der Waals surface area (Å²) >= 11 is 4.81. The molecule has 3 nitrogen and oxygen atoms in total. The Morgan fingerprint density at radius 3 is 2.02 bits per heavy atom. The van der Waals surface area contributed by atoms with Crippen LogP contribution < -0.4 is 0 Å². The smallest absolute Gasteiger partial charge is 0.164 e. The molecule has 1 heterocycles. The Balaban J connectivity index is 1.10. The van der Waals surface area contributed by atoms with E-state index in [1.54, 1.807) is 0 Å². The lowest BCUT2D eigenvalue weighted by Crippen LogP contribution is -2.02. The number of allylic oxidation sites excluding steroid dienone is 2. The number of aryl methyl sites for hydroxylation is 1. The zero-order chi connectivity index (χ0) is 39.0. The van der Waals surface area contributed by atoms with E-state index >= 15 is 0 Å². The van der Waals surface area contributed by atoms with E-state index in [-0.39, 0.29) is 0 Å². The molecule has 8 aromatic carbocycles. The van der Waals surface area contributed by atoms with Crippen molar-refractivity contribution >= 4 is 51.9 Å². The fourth-order valence-corrected chi connectivity index (χ4v) is 8.60. The first-order chi connectivity index (χ1) is 28.6. The highest BCUT2D eigenvalue weighted by molar-refractivity contribution is 7.80. The van der Waals surface area contributed by atoms with Gasteiger partial charge in [-0.05, 0) is 110 Å². The first-order valence-corrected chi connectivity index (χ1v) is 20.3. The van der Waals surface area contributed by atoms with Gasteiger partial charge in [0.25, 0.3) is 0 Å². The molecule has 0 unspecified atom stereocenters. The first-order valence-electron chi connectivity index (χ1n) is 19.8.